The number of carbonyl (C=O) groups excluding carboxylic acids is 1. The normalized spacial score (nSPS) is 10.8. The van der Waals surface area contributed by atoms with Gasteiger partial charge in [0.05, 0.1) is 5.52 Å². The Morgan fingerprint density at radius 3 is 2.82 bits per heavy atom. The van der Waals surface area contributed by atoms with Crippen molar-refractivity contribution in [1.82, 2.24) is 14.9 Å². The Kier molecular flexibility index (Phi) is 3.74. The predicted octanol–water partition coefficient (Wildman–Crippen LogP) is 1.83. The summed E-state index contributed by atoms with van der Waals surface area (Å²) in [6, 6.07) is 8.79. The lowest BCUT2D eigenvalue weighted by Gasteiger charge is -2.17. The summed E-state index contributed by atoms with van der Waals surface area (Å²) in [7, 11) is 1.75. The maximum absolute atomic E-state index is 12.4. The first kappa shape index (κ1) is 14.1. The summed E-state index contributed by atoms with van der Waals surface area (Å²) in [4.78, 5) is 31.7. The molecule has 0 aliphatic rings. The van der Waals surface area contributed by atoms with E-state index < -0.39 is 5.76 Å². The molecule has 0 unspecified atom stereocenters. The number of oxazole rings is 1. The lowest BCUT2D eigenvalue weighted by atomic mass is 10.1. The molecule has 0 aliphatic carbocycles. The minimum absolute atomic E-state index is 0.111. The molecule has 0 radical (unpaired) electrons. The fraction of sp³-hybridized carbons (Fsp3) is 0.188. The zero-order valence-electron chi connectivity index (χ0n) is 12.1. The number of amides is 1. The molecule has 2 aromatic heterocycles. The third-order valence-corrected chi connectivity index (χ3v) is 3.50. The Morgan fingerprint density at radius 2 is 2.05 bits per heavy atom. The summed E-state index contributed by atoms with van der Waals surface area (Å²) in [5.74, 6) is -0.634. The van der Waals surface area contributed by atoms with Gasteiger partial charge in [-0.25, -0.2) is 4.79 Å². The van der Waals surface area contributed by atoms with Crippen molar-refractivity contribution in [3.05, 3.63) is 64.4 Å². The SMILES string of the molecule is CN(CCc1ccncc1)C(=O)c1ccc2[nH]c(=O)oc2c1. The summed E-state index contributed by atoms with van der Waals surface area (Å²) in [6.07, 6.45) is 4.23. The predicted molar refractivity (Wildman–Crippen MR) is 81.7 cm³/mol. The number of hydrogen-bond donors (Lipinski definition) is 1. The summed E-state index contributed by atoms with van der Waals surface area (Å²) in [6.45, 7) is 0.595. The van der Waals surface area contributed by atoms with E-state index in [1.54, 1.807) is 42.5 Å². The average molecular weight is 297 g/mol. The number of aromatic amines is 1. The van der Waals surface area contributed by atoms with E-state index in [-0.39, 0.29) is 5.91 Å². The van der Waals surface area contributed by atoms with Gasteiger partial charge in [-0.05, 0) is 42.3 Å². The topological polar surface area (TPSA) is 79.2 Å². The van der Waals surface area contributed by atoms with Crippen LogP contribution < -0.4 is 5.76 Å². The van der Waals surface area contributed by atoms with Crippen molar-refractivity contribution in [2.75, 3.05) is 13.6 Å². The van der Waals surface area contributed by atoms with Crippen LogP contribution in [0.2, 0.25) is 0 Å². The van der Waals surface area contributed by atoms with Crippen LogP contribution in [0.4, 0.5) is 0 Å². The lowest BCUT2D eigenvalue weighted by Crippen LogP contribution is -2.28. The zero-order chi connectivity index (χ0) is 15.5. The molecule has 1 aromatic carbocycles. The van der Waals surface area contributed by atoms with Crippen molar-refractivity contribution in [1.29, 1.82) is 0 Å². The first-order chi connectivity index (χ1) is 10.6. The molecule has 0 fully saturated rings. The second-order valence-electron chi connectivity index (χ2n) is 5.06. The first-order valence-electron chi connectivity index (χ1n) is 6.91. The molecule has 0 saturated heterocycles. The van der Waals surface area contributed by atoms with Crippen LogP contribution in [-0.4, -0.2) is 34.4 Å². The van der Waals surface area contributed by atoms with E-state index in [2.05, 4.69) is 9.97 Å². The highest BCUT2D eigenvalue weighted by Gasteiger charge is 2.13. The van der Waals surface area contributed by atoms with Gasteiger partial charge in [-0.2, -0.15) is 0 Å². The van der Waals surface area contributed by atoms with Crippen LogP contribution >= 0.6 is 0 Å². The van der Waals surface area contributed by atoms with E-state index in [0.29, 0.717) is 23.2 Å². The molecule has 0 spiro atoms. The van der Waals surface area contributed by atoms with Gasteiger partial charge in [0.15, 0.2) is 5.58 Å². The van der Waals surface area contributed by atoms with Gasteiger partial charge < -0.3 is 9.32 Å². The second kappa shape index (κ2) is 5.85. The molecule has 3 rings (SSSR count). The van der Waals surface area contributed by atoms with Gasteiger partial charge in [0.2, 0.25) is 0 Å². The Balaban J connectivity index is 1.72. The minimum atomic E-state index is -0.523. The standard InChI is InChI=1S/C16H15N3O3/c1-19(9-6-11-4-7-17-8-5-11)15(20)12-2-3-13-14(10-12)22-16(21)18-13/h2-5,7-8,10H,6,9H2,1H3,(H,18,21). The molecular weight excluding hydrogens is 282 g/mol. The fourth-order valence-corrected chi connectivity index (χ4v) is 2.25. The summed E-state index contributed by atoms with van der Waals surface area (Å²) < 4.78 is 4.98. The van der Waals surface area contributed by atoms with Crippen molar-refractivity contribution in [3.63, 3.8) is 0 Å². The maximum Gasteiger partial charge on any atom is 0.417 e. The van der Waals surface area contributed by atoms with E-state index in [9.17, 15) is 9.59 Å². The number of rotatable bonds is 4. The van der Waals surface area contributed by atoms with E-state index in [0.717, 1.165) is 12.0 Å². The number of nitrogens with one attached hydrogen (secondary N) is 1. The third kappa shape index (κ3) is 2.90. The van der Waals surface area contributed by atoms with Gasteiger partial charge in [-0.3, -0.25) is 14.8 Å². The molecule has 2 heterocycles. The largest absolute Gasteiger partial charge is 0.417 e. The first-order valence-corrected chi connectivity index (χ1v) is 6.91. The molecule has 22 heavy (non-hydrogen) atoms. The van der Waals surface area contributed by atoms with E-state index in [4.69, 9.17) is 4.42 Å². The van der Waals surface area contributed by atoms with Crippen LogP contribution in [-0.2, 0) is 6.42 Å². The smallest absolute Gasteiger partial charge is 0.408 e. The number of hydrogen-bond acceptors (Lipinski definition) is 4. The zero-order valence-corrected chi connectivity index (χ0v) is 12.1. The summed E-state index contributed by atoms with van der Waals surface area (Å²) >= 11 is 0. The highest BCUT2D eigenvalue weighted by Crippen LogP contribution is 2.14. The molecule has 112 valence electrons. The van der Waals surface area contributed by atoms with Crippen molar-refractivity contribution < 1.29 is 9.21 Å². The monoisotopic (exact) mass is 297 g/mol. The Labute approximate surface area is 126 Å². The van der Waals surface area contributed by atoms with Crippen molar-refractivity contribution in [3.8, 4) is 0 Å². The number of likely N-dealkylation sites (N-methyl/N-ethyl adjacent to an activating group) is 1. The Morgan fingerprint density at radius 1 is 1.27 bits per heavy atom. The quantitative estimate of drug-likeness (QED) is 0.796. The van der Waals surface area contributed by atoms with Crippen LogP contribution in [0, 0.1) is 0 Å². The summed E-state index contributed by atoms with van der Waals surface area (Å²) in [5.41, 5.74) is 2.59. The molecule has 6 heteroatoms. The Bertz CT molecular complexity index is 852. The number of pyridine rings is 1. The number of benzene rings is 1. The lowest BCUT2D eigenvalue weighted by molar-refractivity contribution is 0.0796. The molecule has 0 saturated carbocycles. The third-order valence-electron chi connectivity index (χ3n) is 3.50. The molecule has 1 amide bonds. The van der Waals surface area contributed by atoms with Gasteiger partial charge >= 0.3 is 5.76 Å². The van der Waals surface area contributed by atoms with Gasteiger partial charge in [-0.15, -0.1) is 0 Å². The highest BCUT2D eigenvalue weighted by molar-refractivity contribution is 5.96. The number of nitrogens with zero attached hydrogens (tertiary/aromatic N) is 2. The molecule has 0 atom stereocenters. The van der Waals surface area contributed by atoms with Gasteiger partial charge in [0.1, 0.15) is 0 Å². The molecule has 3 aromatic rings. The number of H-pyrrole nitrogens is 1. The van der Waals surface area contributed by atoms with Crippen LogP contribution in [0.3, 0.4) is 0 Å². The second-order valence-corrected chi connectivity index (χ2v) is 5.06. The van der Waals surface area contributed by atoms with E-state index in [1.807, 2.05) is 12.1 Å². The van der Waals surface area contributed by atoms with Gasteiger partial charge in [0.25, 0.3) is 5.91 Å². The van der Waals surface area contributed by atoms with Crippen LogP contribution in [0.25, 0.3) is 11.1 Å². The van der Waals surface area contributed by atoms with E-state index in [1.165, 1.54) is 0 Å². The van der Waals surface area contributed by atoms with Crippen molar-refractivity contribution in [2.24, 2.45) is 0 Å². The highest BCUT2D eigenvalue weighted by atomic mass is 16.4. The van der Waals surface area contributed by atoms with Crippen molar-refractivity contribution >= 4 is 17.0 Å². The molecule has 1 N–H and O–H groups in total. The molecule has 0 bridgehead atoms. The van der Waals surface area contributed by atoms with Crippen LogP contribution in [0.15, 0.2) is 51.9 Å². The van der Waals surface area contributed by atoms with Crippen LogP contribution in [0.5, 0.6) is 0 Å². The minimum Gasteiger partial charge on any atom is -0.408 e. The van der Waals surface area contributed by atoms with Gasteiger partial charge in [-0.1, -0.05) is 0 Å². The fourth-order valence-electron chi connectivity index (χ4n) is 2.25. The Hall–Kier alpha value is -2.89. The number of carbonyl (C=O) groups is 1. The van der Waals surface area contributed by atoms with Crippen molar-refractivity contribution in [2.45, 2.75) is 6.42 Å². The molecular formula is C16H15N3O3. The average Bonchev–Trinajstić information content (AvgIpc) is 2.92. The number of aromatic nitrogens is 2. The summed E-state index contributed by atoms with van der Waals surface area (Å²) in [5, 5.41) is 0. The number of fused-ring (bicyclic) bond motifs is 1. The van der Waals surface area contributed by atoms with E-state index >= 15 is 0 Å². The maximum atomic E-state index is 12.4. The van der Waals surface area contributed by atoms with Gasteiger partial charge in [0, 0.05) is 31.5 Å². The molecule has 6 nitrogen and oxygen atoms in total. The van der Waals surface area contributed by atoms with Crippen LogP contribution in [0.1, 0.15) is 15.9 Å². The molecule has 0 aliphatic heterocycles.